The number of fused-ring (bicyclic) bond motifs is 1. The summed E-state index contributed by atoms with van der Waals surface area (Å²) in [5, 5.41) is 6.21. The SMILES string of the molecule is CCn1c(-c2ccc(F)cc2)cc2cc(NC(=O)c3cc(CNC(=O)C(C)C)cnc3C(F)F)ccc21.NC(=O)c1cccnc1. The van der Waals surface area contributed by atoms with Crippen molar-refractivity contribution in [3.8, 4) is 11.3 Å². The number of nitrogens with zero attached hydrogens (tertiary/aromatic N) is 3. The number of pyridine rings is 2. The lowest BCUT2D eigenvalue weighted by Crippen LogP contribution is -2.27. The molecule has 5 aromatic rings. The zero-order chi connectivity index (χ0) is 33.4. The van der Waals surface area contributed by atoms with Crippen molar-refractivity contribution < 1.29 is 27.6 Å². The van der Waals surface area contributed by atoms with Crippen molar-refractivity contribution in [3.05, 3.63) is 114 Å². The van der Waals surface area contributed by atoms with Gasteiger partial charge in [-0.3, -0.25) is 24.4 Å². The summed E-state index contributed by atoms with van der Waals surface area (Å²) in [6, 6.07) is 18.0. The Bertz CT molecular complexity index is 1840. The van der Waals surface area contributed by atoms with Gasteiger partial charge in [0, 0.05) is 59.9 Å². The Morgan fingerprint density at radius 2 is 1.72 bits per heavy atom. The second kappa shape index (κ2) is 15.0. The summed E-state index contributed by atoms with van der Waals surface area (Å²) in [6.07, 6.45) is 1.31. The fraction of sp³-hybridized carbons (Fsp3) is 0.206. The van der Waals surface area contributed by atoms with Crippen LogP contribution in [0, 0.1) is 11.7 Å². The van der Waals surface area contributed by atoms with E-state index >= 15 is 0 Å². The maximum Gasteiger partial charge on any atom is 0.281 e. The van der Waals surface area contributed by atoms with Crippen LogP contribution in [0.5, 0.6) is 0 Å². The van der Waals surface area contributed by atoms with Crippen LogP contribution in [0.1, 0.15) is 59.2 Å². The first-order chi connectivity index (χ1) is 22.0. The molecular formula is C34H33F3N6O3. The van der Waals surface area contributed by atoms with Crippen molar-refractivity contribution in [2.75, 3.05) is 5.32 Å². The molecule has 0 radical (unpaired) electrons. The molecule has 12 heteroatoms. The molecule has 4 N–H and O–H groups in total. The maximum atomic E-state index is 13.6. The summed E-state index contributed by atoms with van der Waals surface area (Å²) in [5.41, 5.74) is 8.00. The summed E-state index contributed by atoms with van der Waals surface area (Å²) >= 11 is 0. The fourth-order valence-corrected chi connectivity index (χ4v) is 4.62. The van der Waals surface area contributed by atoms with E-state index in [1.807, 2.05) is 19.1 Å². The van der Waals surface area contributed by atoms with Crippen molar-refractivity contribution in [1.82, 2.24) is 19.9 Å². The van der Waals surface area contributed by atoms with E-state index < -0.39 is 23.9 Å². The molecule has 0 atom stereocenters. The van der Waals surface area contributed by atoms with Gasteiger partial charge in [-0.1, -0.05) is 13.8 Å². The van der Waals surface area contributed by atoms with Crippen LogP contribution in [-0.2, 0) is 17.9 Å². The average Bonchev–Trinajstić information content (AvgIpc) is 3.42. The van der Waals surface area contributed by atoms with Gasteiger partial charge in [0.15, 0.2) is 0 Å². The molecule has 2 aromatic carbocycles. The van der Waals surface area contributed by atoms with E-state index in [1.54, 1.807) is 56.4 Å². The molecule has 0 saturated carbocycles. The van der Waals surface area contributed by atoms with Crippen molar-refractivity contribution in [1.29, 1.82) is 0 Å². The molecule has 0 fully saturated rings. The van der Waals surface area contributed by atoms with Crippen molar-refractivity contribution in [2.45, 2.75) is 40.3 Å². The molecule has 0 aliphatic rings. The first-order valence-electron chi connectivity index (χ1n) is 14.4. The van der Waals surface area contributed by atoms with Gasteiger partial charge in [-0.05, 0) is 84.8 Å². The number of nitrogens with two attached hydrogens (primary N) is 1. The van der Waals surface area contributed by atoms with Gasteiger partial charge in [-0.2, -0.15) is 0 Å². The lowest BCUT2D eigenvalue weighted by molar-refractivity contribution is -0.124. The Balaban J connectivity index is 0.000000459. The Morgan fingerprint density at radius 3 is 2.30 bits per heavy atom. The molecule has 0 aliphatic heterocycles. The number of aryl methyl sites for hydroxylation is 1. The molecule has 5 rings (SSSR count). The van der Waals surface area contributed by atoms with Crippen LogP contribution >= 0.6 is 0 Å². The highest BCUT2D eigenvalue weighted by atomic mass is 19.3. The molecule has 238 valence electrons. The Morgan fingerprint density at radius 1 is 0.978 bits per heavy atom. The van der Waals surface area contributed by atoms with Crippen LogP contribution in [0.15, 0.2) is 85.3 Å². The van der Waals surface area contributed by atoms with Crippen LogP contribution < -0.4 is 16.4 Å². The van der Waals surface area contributed by atoms with Crippen LogP contribution in [0.2, 0.25) is 0 Å². The van der Waals surface area contributed by atoms with Crippen LogP contribution in [0.25, 0.3) is 22.2 Å². The largest absolute Gasteiger partial charge is 0.366 e. The van der Waals surface area contributed by atoms with Crippen molar-refractivity contribution >= 4 is 34.3 Å². The minimum absolute atomic E-state index is 0.0659. The van der Waals surface area contributed by atoms with Gasteiger partial charge in [-0.25, -0.2) is 13.2 Å². The molecule has 0 saturated heterocycles. The minimum Gasteiger partial charge on any atom is -0.366 e. The number of halogens is 3. The second-order valence-corrected chi connectivity index (χ2v) is 10.6. The van der Waals surface area contributed by atoms with Crippen LogP contribution in [-0.4, -0.2) is 32.3 Å². The zero-order valence-corrected chi connectivity index (χ0v) is 25.4. The van der Waals surface area contributed by atoms with E-state index in [1.165, 1.54) is 30.6 Å². The zero-order valence-electron chi connectivity index (χ0n) is 25.4. The Kier molecular flexibility index (Phi) is 10.9. The number of primary amides is 1. The summed E-state index contributed by atoms with van der Waals surface area (Å²) < 4.78 is 42.7. The van der Waals surface area contributed by atoms with E-state index in [9.17, 15) is 27.6 Å². The quantitative estimate of drug-likeness (QED) is 0.171. The first kappa shape index (κ1) is 33.4. The topological polar surface area (TPSA) is 132 Å². The average molecular weight is 631 g/mol. The highest BCUT2D eigenvalue weighted by Crippen LogP contribution is 2.31. The van der Waals surface area contributed by atoms with E-state index in [4.69, 9.17) is 5.73 Å². The molecular weight excluding hydrogens is 597 g/mol. The molecule has 3 aromatic heterocycles. The van der Waals surface area contributed by atoms with Gasteiger partial charge in [0.1, 0.15) is 11.5 Å². The highest BCUT2D eigenvalue weighted by Gasteiger charge is 2.22. The number of carbonyl (C=O) groups excluding carboxylic acids is 3. The maximum absolute atomic E-state index is 13.6. The fourth-order valence-electron chi connectivity index (χ4n) is 4.62. The number of aromatic nitrogens is 3. The number of anilines is 1. The standard InChI is InChI=1S/C28H27F3N4O2.C6H6N2O/c1-4-35-23-10-9-21(12-19(23)13-24(35)18-5-7-20(29)8-6-18)34-28(37)22-11-17(14-32-25(22)26(30)31)15-33-27(36)16(2)3;7-6(9)5-2-1-3-8-4-5/h5-14,16,26H,4,15H2,1-3H3,(H,33,36)(H,34,37);1-4H,(H2,7,9). The molecule has 0 bridgehead atoms. The third-order valence-corrected chi connectivity index (χ3v) is 6.98. The van der Waals surface area contributed by atoms with E-state index in [-0.39, 0.29) is 29.8 Å². The van der Waals surface area contributed by atoms with Crippen LogP contribution in [0.4, 0.5) is 18.9 Å². The Hall–Kier alpha value is -5.52. The minimum atomic E-state index is -2.95. The van der Waals surface area contributed by atoms with Gasteiger partial charge in [0.2, 0.25) is 11.8 Å². The van der Waals surface area contributed by atoms with E-state index in [2.05, 4.69) is 25.2 Å². The van der Waals surface area contributed by atoms with Crippen LogP contribution in [0.3, 0.4) is 0 Å². The van der Waals surface area contributed by atoms with Gasteiger partial charge in [0.25, 0.3) is 12.3 Å². The van der Waals surface area contributed by atoms with Gasteiger partial charge < -0.3 is 20.9 Å². The number of hydrogen-bond donors (Lipinski definition) is 3. The summed E-state index contributed by atoms with van der Waals surface area (Å²) in [5.74, 6) is -1.93. The summed E-state index contributed by atoms with van der Waals surface area (Å²) in [4.78, 5) is 42.8. The number of carbonyl (C=O) groups is 3. The lowest BCUT2D eigenvalue weighted by Gasteiger charge is -2.13. The second-order valence-electron chi connectivity index (χ2n) is 10.6. The molecule has 3 heterocycles. The third kappa shape index (κ3) is 8.14. The molecule has 3 amide bonds. The molecule has 46 heavy (non-hydrogen) atoms. The van der Waals surface area contributed by atoms with Crippen molar-refractivity contribution in [2.24, 2.45) is 11.7 Å². The predicted molar refractivity (Wildman–Crippen MR) is 170 cm³/mol. The molecule has 0 aliphatic carbocycles. The number of hydrogen-bond acceptors (Lipinski definition) is 5. The number of amides is 3. The van der Waals surface area contributed by atoms with Gasteiger partial charge >= 0.3 is 0 Å². The third-order valence-electron chi connectivity index (χ3n) is 6.98. The highest BCUT2D eigenvalue weighted by molar-refractivity contribution is 6.06. The number of rotatable bonds is 9. The summed E-state index contributed by atoms with van der Waals surface area (Å²) in [6.45, 7) is 6.21. The molecule has 0 spiro atoms. The number of benzene rings is 2. The van der Waals surface area contributed by atoms with Crippen molar-refractivity contribution in [3.63, 3.8) is 0 Å². The van der Waals surface area contributed by atoms with Gasteiger partial charge in [0.05, 0.1) is 11.1 Å². The predicted octanol–water partition coefficient (Wildman–Crippen LogP) is 6.50. The number of nitrogens with one attached hydrogen (secondary N) is 2. The first-order valence-corrected chi connectivity index (χ1v) is 14.4. The van der Waals surface area contributed by atoms with E-state index in [0.717, 1.165) is 22.2 Å². The smallest absolute Gasteiger partial charge is 0.281 e. The Labute approximate surface area is 263 Å². The lowest BCUT2D eigenvalue weighted by atomic mass is 10.1. The number of alkyl halides is 2. The normalized spacial score (nSPS) is 10.9. The van der Waals surface area contributed by atoms with E-state index in [0.29, 0.717) is 23.4 Å². The molecule has 9 nitrogen and oxygen atoms in total. The monoisotopic (exact) mass is 630 g/mol. The van der Waals surface area contributed by atoms with Gasteiger partial charge in [-0.15, -0.1) is 0 Å². The summed E-state index contributed by atoms with van der Waals surface area (Å²) in [7, 11) is 0. The molecule has 0 unspecified atom stereocenters.